The maximum absolute atomic E-state index is 12.2. The Morgan fingerprint density at radius 3 is 2.72 bits per heavy atom. The third-order valence-electron chi connectivity index (χ3n) is 3.42. The van der Waals surface area contributed by atoms with Crippen LogP contribution in [-0.2, 0) is 11.3 Å². The number of nitrogens with one attached hydrogen (secondary N) is 1. The average Bonchev–Trinajstić information content (AvgIpc) is 2.82. The molecular weight excluding hydrogens is 244 g/mol. The second kappa shape index (κ2) is 6.34. The fraction of sp³-hybridized carbons (Fsp3) is 0.643. The second-order valence-corrected chi connectivity index (χ2v) is 6.37. The van der Waals surface area contributed by atoms with Crippen LogP contribution in [0.5, 0.6) is 0 Å². The number of hydrogen-bond donors (Lipinski definition) is 1. The maximum Gasteiger partial charge on any atom is 0.239 e. The van der Waals surface area contributed by atoms with Gasteiger partial charge in [-0.05, 0) is 45.2 Å². The zero-order chi connectivity index (χ0) is 13.0. The molecule has 1 amide bonds. The Morgan fingerprint density at radius 2 is 2.11 bits per heavy atom. The third-order valence-corrected chi connectivity index (χ3v) is 4.42. The highest BCUT2D eigenvalue weighted by atomic mass is 32.1. The fourth-order valence-electron chi connectivity index (χ4n) is 2.31. The van der Waals surface area contributed by atoms with Crippen LogP contribution >= 0.6 is 11.3 Å². The molecule has 1 aliphatic heterocycles. The minimum Gasteiger partial charge on any atom is -0.341 e. The van der Waals surface area contributed by atoms with Crippen molar-refractivity contribution in [2.45, 2.75) is 45.7 Å². The van der Waals surface area contributed by atoms with Crippen LogP contribution in [0.25, 0.3) is 0 Å². The molecule has 0 radical (unpaired) electrons. The van der Waals surface area contributed by atoms with E-state index in [9.17, 15) is 4.79 Å². The predicted octanol–water partition coefficient (Wildman–Crippen LogP) is 2.55. The summed E-state index contributed by atoms with van der Waals surface area (Å²) in [6, 6.07) is 4.18. The molecule has 2 rings (SSSR count). The molecule has 100 valence electrons. The van der Waals surface area contributed by atoms with Gasteiger partial charge in [0.1, 0.15) is 0 Å². The van der Waals surface area contributed by atoms with Gasteiger partial charge in [0, 0.05) is 29.4 Å². The fourth-order valence-corrected chi connectivity index (χ4v) is 3.15. The van der Waals surface area contributed by atoms with E-state index in [1.54, 1.807) is 11.3 Å². The van der Waals surface area contributed by atoms with Gasteiger partial charge in [-0.3, -0.25) is 4.79 Å². The van der Waals surface area contributed by atoms with E-state index in [1.165, 1.54) is 16.2 Å². The molecule has 1 N–H and O–H groups in total. The molecule has 1 aromatic heterocycles. The molecule has 1 atom stereocenters. The molecule has 0 saturated carbocycles. The molecule has 1 fully saturated rings. The van der Waals surface area contributed by atoms with Crippen molar-refractivity contribution < 1.29 is 4.79 Å². The number of nitrogens with zero attached hydrogens (tertiary/aromatic N) is 1. The monoisotopic (exact) mass is 266 g/mol. The van der Waals surface area contributed by atoms with Crippen molar-refractivity contribution in [2.24, 2.45) is 0 Å². The quantitative estimate of drug-likeness (QED) is 0.908. The van der Waals surface area contributed by atoms with Crippen molar-refractivity contribution in [3.8, 4) is 0 Å². The zero-order valence-electron chi connectivity index (χ0n) is 11.2. The summed E-state index contributed by atoms with van der Waals surface area (Å²) in [4.78, 5) is 16.8. The van der Waals surface area contributed by atoms with Gasteiger partial charge < -0.3 is 10.2 Å². The number of amides is 1. The molecule has 1 aliphatic rings. The Labute approximate surface area is 113 Å². The lowest BCUT2D eigenvalue weighted by molar-refractivity contribution is -0.133. The standard InChI is InChI=1S/C14H22N2OS/c1-11-6-7-13(18-11)10-15-12(2)14(17)16-8-4-3-5-9-16/h6-7,12,15H,3-5,8-10H2,1-2H3. The van der Waals surface area contributed by atoms with E-state index in [-0.39, 0.29) is 11.9 Å². The van der Waals surface area contributed by atoms with Gasteiger partial charge >= 0.3 is 0 Å². The van der Waals surface area contributed by atoms with Gasteiger partial charge in [-0.25, -0.2) is 0 Å². The first-order valence-electron chi connectivity index (χ1n) is 6.74. The van der Waals surface area contributed by atoms with Crippen LogP contribution < -0.4 is 5.32 Å². The second-order valence-electron chi connectivity index (χ2n) is 5.00. The van der Waals surface area contributed by atoms with Crippen LogP contribution in [-0.4, -0.2) is 29.9 Å². The van der Waals surface area contributed by atoms with E-state index in [0.717, 1.165) is 32.5 Å². The summed E-state index contributed by atoms with van der Waals surface area (Å²) in [5.41, 5.74) is 0. The van der Waals surface area contributed by atoms with Crippen molar-refractivity contribution in [3.05, 3.63) is 21.9 Å². The van der Waals surface area contributed by atoms with Crippen molar-refractivity contribution in [1.29, 1.82) is 0 Å². The number of likely N-dealkylation sites (tertiary alicyclic amines) is 1. The van der Waals surface area contributed by atoms with E-state index in [2.05, 4.69) is 24.4 Å². The van der Waals surface area contributed by atoms with Crippen molar-refractivity contribution in [2.75, 3.05) is 13.1 Å². The number of thiophene rings is 1. The lowest BCUT2D eigenvalue weighted by Gasteiger charge is -2.29. The number of piperidine rings is 1. The molecule has 0 bridgehead atoms. The molecule has 1 aromatic rings. The summed E-state index contributed by atoms with van der Waals surface area (Å²) < 4.78 is 0. The maximum atomic E-state index is 12.2. The molecular formula is C14H22N2OS. The average molecular weight is 266 g/mol. The Hall–Kier alpha value is -0.870. The first-order chi connectivity index (χ1) is 8.66. The summed E-state index contributed by atoms with van der Waals surface area (Å²) >= 11 is 1.79. The SMILES string of the molecule is Cc1ccc(CNC(C)C(=O)N2CCCCC2)s1. The summed E-state index contributed by atoms with van der Waals surface area (Å²) in [6.07, 6.45) is 3.57. The molecule has 0 aliphatic carbocycles. The molecule has 0 aromatic carbocycles. The molecule has 18 heavy (non-hydrogen) atoms. The Morgan fingerprint density at radius 1 is 1.39 bits per heavy atom. The number of carbonyl (C=O) groups is 1. The smallest absolute Gasteiger partial charge is 0.239 e. The van der Waals surface area contributed by atoms with Crippen LogP contribution in [0.3, 0.4) is 0 Å². The number of aryl methyl sites for hydroxylation is 1. The van der Waals surface area contributed by atoms with Gasteiger partial charge in [0.25, 0.3) is 0 Å². The Bertz CT molecular complexity index is 396. The highest BCUT2D eigenvalue weighted by Crippen LogP contribution is 2.15. The van der Waals surface area contributed by atoms with Crippen LogP contribution in [0.15, 0.2) is 12.1 Å². The van der Waals surface area contributed by atoms with Crippen molar-refractivity contribution in [3.63, 3.8) is 0 Å². The summed E-state index contributed by atoms with van der Waals surface area (Å²) in [5.74, 6) is 0.253. The largest absolute Gasteiger partial charge is 0.341 e. The van der Waals surface area contributed by atoms with Gasteiger partial charge in [-0.1, -0.05) is 0 Å². The van der Waals surface area contributed by atoms with E-state index < -0.39 is 0 Å². The first-order valence-corrected chi connectivity index (χ1v) is 7.56. The summed E-state index contributed by atoms with van der Waals surface area (Å²) in [6.45, 7) is 6.74. The summed E-state index contributed by atoms with van der Waals surface area (Å²) in [5, 5.41) is 3.33. The highest BCUT2D eigenvalue weighted by molar-refractivity contribution is 7.11. The van der Waals surface area contributed by atoms with E-state index in [1.807, 2.05) is 11.8 Å². The molecule has 1 saturated heterocycles. The number of carbonyl (C=O) groups excluding carboxylic acids is 1. The predicted molar refractivity (Wildman–Crippen MR) is 75.8 cm³/mol. The minimum absolute atomic E-state index is 0.0782. The lowest BCUT2D eigenvalue weighted by atomic mass is 10.1. The van der Waals surface area contributed by atoms with Crippen LogP contribution in [0, 0.1) is 6.92 Å². The van der Waals surface area contributed by atoms with Gasteiger partial charge in [-0.2, -0.15) is 0 Å². The number of hydrogen-bond acceptors (Lipinski definition) is 3. The van der Waals surface area contributed by atoms with Gasteiger partial charge in [0.15, 0.2) is 0 Å². The van der Waals surface area contributed by atoms with Crippen molar-refractivity contribution in [1.82, 2.24) is 10.2 Å². The van der Waals surface area contributed by atoms with Gasteiger partial charge in [-0.15, -0.1) is 11.3 Å². The van der Waals surface area contributed by atoms with E-state index in [0.29, 0.717) is 0 Å². The molecule has 4 heteroatoms. The zero-order valence-corrected chi connectivity index (χ0v) is 12.1. The molecule has 1 unspecified atom stereocenters. The first kappa shape index (κ1) is 13.6. The van der Waals surface area contributed by atoms with Gasteiger partial charge in [0.2, 0.25) is 5.91 Å². The molecule has 0 spiro atoms. The topological polar surface area (TPSA) is 32.3 Å². The third kappa shape index (κ3) is 3.56. The summed E-state index contributed by atoms with van der Waals surface area (Å²) in [7, 11) is 0. The van der Waals surface area contributed by atoms with Crippen LogP contribution in [0.4, 0.5) is 0 Å². The Balaban J connectivity index is 1.79. The lowest BCUT2D eigenvalue weighted by Crippen LogP contribution is -2.46. The van der Waals surface area contributed by atoms with E-state index >= 15 is 0 Å². The minimum atomic E-state index is -0.0782. The van der Waals surface area contributed by atoms with Crippen LogP contribution in [0.2, 0.25) is 0 Å². The Kier molecular flexibility index (Phi) is 4.78. The molecule has 2 heterocycles. The highest BCUT2D eigenvalue weighted by Gasteiger charge is 2.21. The van der Waals surface area contributed by atoms with Gasteiger partial charge in [0.05, 0.1) is 6.04 Å². The number of rotatable bonds is 4. The van der Waals surface area contributed by atoms with E-state index in [4.69, 9.17) is 0 Å². The molecule has 3 nitrogen and oxygen atoms in total. The van der Waals surface area contributed by atoms with Crippen LogP contribution in [0.1, 0.15) is 35.9 Å². The van der Waals surface area contributed by atoms with Crippen molar-refractivity contribution >= 4 is 17.2 Å². The normalized spacial score (nSPS) is 17.8.